The van der Waals surface area contributed by atoms with Crippen LogP contribution in [-0.4, -0.2) is 14.1 Å². The zero-order valence-electron chi connectivity index (χ0n) is 33.1. The zero-order chi connectivity index (χ0) is 43.1. The summed E-state index contributed by atoms with van der Waals surface area (Å²) in [5, 5.41) is 13.2. The standard InChI is InChI=1S/C52H32F6N4/c1-30-19-36(23-38(21-30)51(53,54)55)34-15-17-46-42(25-34)40-7-3-5-9-44(40)61(46)48-28-60-29-49(50(48)33-13-11-32(27-59)12-14-33)62-45-10-6-4-8-41(45)43-26-35(16-18-47(43)62)37-20-31(2)22-39(24-37)52(56,57)58/h3-26,28-29H,1-2H3. The lowest BCUT2D eigenvalue weighted by molar-refractivity contribution is -0.138. The second-order valence-electron chi connectivity index (χ2n) is 15.6. The number of fused-ring (bicyclic) bond motifs is 6. The predicted molar refractivity (Wildman–Crippen MR) is 233 cm³/mol. The van der Waals surface area contributed by atoms with E-state index in [0.29, 0.717) is 50.3 Å². The predicted octanol–water partition coefficient (Wildman–Crippen LogP) is 14.8. The minimum atomic E-state index is -4.50. The highest BCUT2D eigenvalue weighted by Crippen LogP contribution is 2.44. The van der Waals surface area contributed by atoms with Gasteiger partial charge in [0, 0.05) is 27.1 Å². The molecule has 0 unspecified atom stereocenters. The molecule has 0 amide bonds. The van der Waals surface area contributed by atoms with Gasteiger partial charge in [0.15, 0.2) is 0 Å². The van der Waals surface area contributed by atoms with Crippen molar-refractivity contribution in [2.24, 2.45) is 0 Å². The molecule has 0 spiro atoms. The normalized spacial score (nSPS) is 12.2. The van der Waals surface area contributed by atoms with Gasteiger partial charge in [-0.25, -0.2) is 0 Å². The molecular weight excluding hydrogens is 795 g/mol. The highest BCUT2D eigenvalue weighted by molar-refractivity contribution is 6.13. The number of aryl methyl sites for hydroxylation is 2. The molecule has 0 fully saturated rings. The Morgan fingerprint density at radius 1 is 0.452 bits per heavy atom. The van der Waals surface area contributed by atoms with E-state index in [1.807, 2.05) is 97.1 Å². The Morgan fingerprint density at radius 2 is 0.871 bits per heavy atom. The van der Waals surface area contributed by atoms with E-state index in [9.17, 15) is 31.6 Å². The Hall–Kier alpha value is -7.64. The second kappa shape index (κ2) is 14.2. The summed E-state index contributed by atoms with van der Waals surface area (Å²) in [7, 11) is 0. The van der Waals surface area contributed by atoms with Crippen LogP contribution >= 0.6 is 0 Å². The van der Waals surface area contributed by atoms with Crippen LogP contribution in [0.25, 0.3) is 88.4 Å². The molecule has 0 bridgehead atoms. The number of rotatable bonds is 5. The number of pyridine rings is 1. The lowest BCUT2D eigenvalue weighted by Crippen LogP contribution is -2.05. The van der Waals surface area contributed by atoms with Crippen molar-refractivity contribution >= 4 is 43.6 Å². The fourth-order valence-electron chi connectivity index (χ4n) is 8.84. The van der Waals surface area contributed by atoms with E-state index < -0.39 is 23.5 Å². The third kappa shape index (κ3) is 6.45. The van der Waals surface area contributed by atoms with Gasteiger partial charge in [0.05, 0.1) is 68.6 Å². The summed E-state index contributed by atoms with van der Waals surface area (Å²) in [6.07, 6.45) is -5.42. The van der Waals surface area contributed by atoms with Gasteiger partial charge >= 0.3 is 12.4 Å². The summed E-state index contributed by atoms with van der Waals surface area (Å²) in [6.45, 7) is 3.31. The summed E-state index contributed by atoms with van der Waals surface area (Å²) in [5.74, 6) is 0. The highest BCUT2D eigenvalue weighted by atomic mass is 19.4. The van der Waals surface area contributed by atoms with E-state index in [0.717, 1.165) is 66.9 Å². The van der Waals surface area contributed by atoms with Crippen molar-refractivity contribution in [2.75, 3.05) is 0 Å². The highest BCUT2D eigenvalue weighted by Gasteiger charge is 2.32. The Balaban J connectivity index is 1.24. The molecule has 3 heterocycles. The number of hydrogen-bond acceptors (Lipinski definition) is 2. The minimum Gasteiger partial charge on any atom is -0.307 e. The topological polar surface area (TPSA) is 46.5 Å². The number of nitrogens with zero attached hydrogens (tertiary/aromatic N) is 4. The lowest BCUT2D eigenvalue weighted by atomic mass is 9.98. The molecule has 3 aromatic heterocycles. The number of nitriles is 1. The molecule has 0 atom stereocenters. The van der Waals surface area contributed by atoms with Gasteiger partial charge in [-0.2, -0.15) is 31.6 Å². The molecule has 0 saturated carbocycles. The number of aromatic nitrogens is 3. The zero-order valence-corrected chi connectivity index (χ0v) is 33.1. The molecule has 0 saturated heterocycles. The number of para-hydroxylation sites is 2. The first-order chi connectivity index (χ1) is 29.8. The van der Waals surface area contributed by atoms with Crippen molar-refractivity contribution in [1.82, 2.24) is 14.1 Å². The van der Waals surface area contributed by atoms with E-state index >= 15 is 0 Å². The van der Waals surface area contributed by atoms with Crippen LogP contribution in [0.5, 0.6) is 0 Å². The van der Waals surface area contributed by atoms with Gasteiger partial charge in [-0.1, -0.05) is 72.8 Å². The van der Waals surface area contributed by atoms with Crippen molar-refractivity contribution in [2.45, 2.75) is 26.2 Å². The number of halogens is 6. The average molecular weight is 827 g/mol. The smallest absolute Gasteiger partial charge is 0.307 e. The fraction of sp³-hybridized carbons (Fsp3) is 0.0769. The molecule has 302 valence electrons. The molecule has 10 heteroatoms. The van der Waals surface area contributed by atoms with Gasteiger partial charge < -0.3 is 9.13 Å². The Labute approximate surface area is 351 Å². The molecule has 0 N–H and O–H groups in total. The van der Waals surface area contributed by atoms with E-state index in [1.165, 1.54) is 12.1 Å². The van der Waals surface area contributed by atoms with Crippen LogP contribution in [0.15, 0.2) is 158 Å². The number of alkyl halides is 6. The van der Waals surface area contributed by atoms with Gasteiger partial charge in [0.25, 0.3) is 0 Å². The Kier molecular flexibility index (Phi) is 8.85. The van der Waals surface area contributed by atoms with Crippen molar-refractivity contribution in [1.29, 1.82) is 5.26 Å². The van der Waals surface area contributed by atoms with Gasteiger partial charge in [-0.15, -0.1) is 0 Å². The lowest BCUT2D eigenvalue weighted by Gasteiger charge is -2.19. The molecule has 0 aliphatic carbocycles. The summed E-state index contributed by atoms with van der Waals surface area (Å²) < 4.78 is 87.8. The molecule has 0 aliphatic heterocycles. The van der Waals surface area contributed by atoms with E-state index in [1.54, 1.807) is 50.5 Å². The van der Waals surface area contributed by atoms with E-state index in [-0.39, 0.29) is 0 Å². The maximum atomic E-state index is 13.9. The largest absolute Gasteiger partial charge is 0.416 e. The van der Waals surface area contributed by atoms with Crippen LogP contribution in [0.4, 0.5) is 26.3 Å². The second-order valence-corrected chi connectivity index (χ2v) is 15.6. The first kappa shape index (κ1) is 38.6. The van der Waals surface area contributed by atoms with E-state index in [2.05, 4.69) is 15.2 Å². The molecule has 7 aromatic carbocycles. The van der Waals surface area contributed by atoms with Crippen LogP contribution in [0.2, 0.25) is 0 Å². The van der Waals surface area contributed by atoms with Crippen molar-refractivity contribution < 1.29 is 26.3 Å². The molecule has 0 aliphatic rings. The molecule has 4 nitrogen and oxygen atoms in total. The van der Waals surface area contributed by atoms with Crippen LogP contribution in [-0.2, 0) is 12.4 Å². The molecular formula is C52H32F6N4. The van der Waals surface area contributed by atoms with Crippen molar-refractivity contribution in [3.63, 3.8) is 0 Å². The SMILES string of the molecule is Cc1cc(-c2ccc3c(c2)c2ccccc2n3-c2cncc(-n3c4ccccc4c4cc(-c5cc(C)cc(C(F)(F)F)c5)ccc43)c2-c2ccc(C#N)cc2)cc(C(F)(F)F)c1. The van der Waals surface area contributed by atoms with Gasteiger partial charge in [0.2, 0.25) is 0 Å². The van der Waals surface area contributed by atoms with Crippen molar-refractivity contribution in [3.05, 3.63) is 186 Å². The van der Waals surface area contributed by atoms with Crippen LogP contribution in [0, 0.1) is 25.2 Å². The Bertz CT molecular complexity index is 3270. The summed E-state index contributed by atoms with van der Waals surface area (Å²) in [5.41, 5.74) is 8.53. The summed E-state index contributed by atoms with van der Waals surface area (Å²) in [4.78, 5) is 4.85. The quantitative estimate of drug-likeness (QED) is 0.162. The third-order valence-corrected chi connectivity index (χ3v) is 11.5. The van der Waals surface area contributed by atoms with Crippen molar-refractivity contribution in [3.8, 4) is 50.8 Å². The third-order valence-electron chi connectivity index (χ3n) is 11.5. The fourth-order valence-corrected chi connectivity index (χ4v) is 8.84. The minimum absolute atomic E-state index is 0.454. The number of benzene rings is 7. The van der Waals surface area contributed by atoms with E-state index in [4.69, 9.17) is 4.98 Å². The molecule has 0 radical (unpaired) electrons. The first-order valence-corrected chi connectivity index (χ1v) is 19.7. The van der Waals surface area contributed by atoms with Gasteiger partial charge in [0.1, 0.15) is 0 Å². The molecule has 10 aromatic rings. The van der Waals surface area contributed by atoms with Gasteiger partial charge in [-0.3, -0.25) is 4.98 Å². The monoisotopic (exact) mass is 826 g/mol. The van der Waals surface area contributed by atoms with Gasteiger partial charge in [-0.05, 0) is 126 Å². The summed E-state index contributed by atoms with van der Waals surface area (Å²) in [6, 6.07) is 44.7. The van der Waals surface area contributed by atoms with Crippen LogP contribution < -0.4 is 0 Å². The average Bonchev–Trinajstić information content (AvgIpc) is 3.77. The first-order valence-electron chi connectivity index (χ1n) is 19.7. The Morgan fingerprint density at radius 3 is 1.31 bits per heavy atom. The number of hydrogen-bond donors (Lipinski definition) is 0. The summed E-state index contributed by atoms with van der Waals surface area (Å²) >= 11 is 0. The van der Waals surface area contributed by atoms with Crippen LogP contribution in [0.1, 0.15) is 27.8 Å². The molecule has 62 heavy (non-hydrogen) atoms. The van der Waals surface area contributed by atoms with Crippen LogP contribution in [0.3, 0.4) is 0 Å². The maximum absolute atomic E-state index is 13.9. The maximum Gasteiger partial charge on any atom is 0.416 e. The molecule has 10 rings (SSSR count).